The fourth-order valence-corrected chi connectivity index (χ4v) is 4.37. The lowest BCUT2D eigenvalue weighted by Gasteiger charge is -2.39. The smallest absolute Gasteiger partial charge is 0.168 e. The number of rotatable bonds is 3. The van der Waals surface area contributed by atoms with Crippen molar-refractivity contribution in [3.8, 4) is 5.69 Å². The SMILES string of the molecule is C[C@H]1C[C@@H](Nc2ncnc3c2cnn3-c2ccccc2)CC(C)(C)C1. The molecule has 2 aromatic heterocycles. The van der Waals surface area contributed by atoms with Gasteiger partial charge in [-0.2, -0.15) is 5.10 Å². The van der Waals surface area contributed by atoms with Crippen LogP contribution in [-0.4, -0.2) is 25.8 Å². The van der Waals surface area contributed by atoms with Crippen molar-refractivity contribution in [1.82, 2.24) is 19.7 Å². The van der Waals surface area contributed by atoms with Gasteiger partial charge in [0.1, 0.15) is 12.1 Å². The molecule has 5 nitrogen and oxygen atoms in total. The van der Waals surface area contributed by atoms with Gasteiger partial charge in [0.2, 0.25) is 0 Å². The summed E-state index contributed by atoms with van der Waals surface area (Å²) in [6.45, 7) is 7.07. The molecule has 1 fully saturated rings. The highest BCUT2D eigenvalue weighted by molar-refractivity contribution is 5.87. The lowest BCUT2D eigenvalue weighted by molar-refractivity contribution is 0.178. The minimum absolute atomic E-state index is 0.371. The highest BCUT2D eigenvalue weighted by atomic mass is 15.3. The van der Waals surface area contributed by atoms with Gasteiger partial charge in [0.15, 0.2) is 5.65 Å². The van der Waals surface area contributed by atoms with Gasteiger partial charge in [0.25, 0.3) is 0 Å². The summed E-state index contributed by atoms with van der Waals surface area (Å²) in [6, 6.07) is 10.5. The summed E-state index contributed by atoms with van der Waals surface area (Å²) < 4.78 is 1.87. The second kappa shape index (κ2) is 6.14. The van der Waals surface area contributed by atoms with E-state index in [1.807, 2.05) is 41.2 Å². The molecule has 0 radical (unpaired) electrons. The van der Waals surface area contributed by atoms with Crippen LogP contribution in [0.1, 0.15) is 40.0 Å². The molecule has 1 aliphatic rings. The number of fused-ring (bicyclic) bond motifs is 1. The molecule has 0 bridgehead atoms. The monoisotopic (exact) mass is 335 g/mol. The van der Waals surface area contributed by atoms with E-state index in [1.165, 1.54) is 12.8 Å². The average Bonchev–Trinajstić information content (AvgIpc) is 2.99. The molecule has 0 aliphatic heterocycles. The van der Waals surface area contributed by atoms with Crippen molar-refractivity contribution in [2.24, 2.45) is 11.3 Å². The first kappa shape index (κ1) is 16.1. The Kier molecular flexibility index (Phi) is 3.94. The number of aromatic nitrogens is 4. The maximum absolute atomic E-state index is 4.54. The van der Waals surface area contributed by atoms with Gasteiger partial charge in [-0.05, 0) is 42.7 Å². The second-order valence-corrected chi connectivity index (χ2v) is 8.11. The van der Waals surface area contributed by atoms with E-state index >= 15 is 0 Å². The van der Waals surface area contributed by atoms with E-state index < -0.39 is 0 Å². The molecule has 4 rings (SSSR count). The van der Waals surface area contributed by atoms with Crippen molar-refractivity contribution in [3.05, 3.63) is 42.9 Å². The van der Waals surface area contributed by atoms with E-state index in [9.17, 15) is 0 Å². The molecule has 5 heteroatoms. The molecule has 130 valence electrons. The molecule has 0 spiro atoms. The van der Waals surface area contributed by atoms with Crippen LogP contribution in [0.15, 0.2) is 42.9 Å². The molecule has 1 N–H and O–H groups in total. The number of benzene rings is 1. The highest BCUT2D eigenvalue weighted by Crippen LogP contribution is 2.39. The molecule has 2 atom stereocenters. The van der Waals surface area contributed by atoms with Crippen LogP contribution in [0.4, 0.5) is 5.82 Å². The lowest BCUT2D eigenvalue weighted by atomic mass is 9.70. The Morgan fingerprint density at radius 3 is 2.68 bits per heavy atom. The van der Waals surface area contributed by atoms with Gasteiger partial charge in [-0.15, -0.1) is 0 Å². The van der Waals surface area contributed by atoms with Crippen LogP contribution in [0.5, 0.6) is 0 Å². The molecule has 3 aromatic rings. The fourth-order valence-electron chi connectivity index (χ4n) is 4.37. The predicted octanol–water partition coefficient (Wildman–Crippen LogP) is 4.44. The van der Waals surface area contributed by atoms with E-state index in [2.05, 4.69) is 41.2 Å². The average molecular weight is 335 g/mol. The molecular formula is C20H25N5. The van der Waals surface area contributed by atoms with Gasteiger partial charge in [-0.3, -0.25) is 0 Å². The number of anilines is 1. The standard InChI is InChI=1S/C20H25N5/c1-14-9-15(11-20(2,3)10-14)24-18-17-12-23-25(19(17)22-13-21-18)16-7-5-4-6-8-16/h4-8,12-15H,9-11H2,1-3H3,(H,21,22,24)/t14-,15+/m0/s1. The highest BCUT2D eigenvalue weighted by Gasteiger charge is 2.32. The molecule has 1 aromatic carbocycles. The Hall–Kier alpha value is -2.43. The zero-order valence-corrected chi connectivity index (χ0v) is 15.1. The maximum Gasteiger partial charge on any atom is 0.168 e. The Bertz CT molecular complexity index is 868. The van der Waals surface area contributed by atoms with Crippen molar-refractivity contribution >= 4 is 16.9 Å². The largest absolute Gasteiger partial charge is 0.367 e. The third-order valence-electron chi connectivity index (χ3n) is 5.09. The van der Waals surface area contributed by atoms with Crippen LogP contribution < -0.4 is 5.32 Å². The van der Waals surface area contributed by atoms with E-state index in [1.54, 1.807) is 6.33 Å². The first-order valence-electron chi connectivity index (χ1n) is 9.02. The summed E-state index contributed by atoms with van der Waals surface area (Å²) in [4.78, 5) is 8.97. The molecule has 0 saturated heterocycles. The Morgan fingerprint density at radius 1 is 1.12 bits per heavy atom. The minimum atomic E-state index is 0.371. The summed E-state index contributed by atoms with van der Waals surface area (Å²) in [5.74, 6) is 1.62. The van der Waals surface area contributed by atoms with Crippen molar-refractivity contribution < 1.29 is 0 Å². The van der Waals surface area contributed by atoms with Gasteiger partial charge in [0, 0.05) is 6.04 Å². The summed E-state index contributed by atoms with van der Waals surface area (Å²) in [5, 5.41) is 9.18. The maximum atomic E-state index is 4.54. The van der Waals surface area contributed by atoms with Crippen LogP contribution in [0, 0.1) is 11.3 Å². The van der Waals surface area contributed by atoms with Crippen molar-refractivity contribution in [1.29, 1.82) is 0 Å². The number of nitrogens with zero attached hydrogens (tertiary/aromatic N) is 4. The molecule has 1 saturated carbocycles. The van der Waals surface area contributed by atoms with Crippen LogP contribution >= 0.6 is 0 Å². The van der Waals surface area contributed by atoms with Gasteiger partial charge >= 0.3 is 0 Å². The molecule has 25 heavy (non-hydrogen) atoms. The van der Waals surface area contributed by atoms with Crippen molar-refractivity contribution in [3.63, 3.8) is 0 Å². The lowest BCUT2D eigenvalue weighted by Crippen LogP contribution is -2.35. The zero-order chi connectivity index (χ0) is 17.4. The topological polar surface area (TPSA) is 55.6 Å². The van der Waals surface area contributed by atoms with Crippen molar-refractivity contribution in [2.45, 2.75) is 46.1 Å². The molecule has 1 aliphatic carbocycles. The summed E-state index contributed by atoms with van der Waals surface area (Å²) in [5.41, 5.74) is 2.22. The van der Waals surface area contributed by atoms with Gasteiger partial charge < -0.3 is 5.32 Å². The third kappa shape index (κ3) is 3.23. The van der Waals surface area contributed by atoms with Gasteiger partial charge in [-0.25, -0.2) is 14.6 Å². The van der Waals surface area contributed by atoms with Crippen molar-refractivity contribution in [2.75, 3.05) is 5.32 Å². The third-order valence-corrected chi connectivity index (χ3v) is 5.09. The minimum Gasteiger partial charge on any atom is -0.367 e. The van der Waals surface area contributed by atoms with Crippen LogP contribution in [0.3, 0.4) is 0 Å². The molecule has 0 unspecified atom stereocenters. The summed E-state index contributed by atoms with van der Waals surface area (Å²) in [7, 11) is 0. The van der Waals surface area contributed by atoms with Gasteiger partial charge in [-0.1, -0.05) is 39.0 Å². The fraction of sp³-hybridized carbons (Fsp3) is 0.450. The van der Waals surface area contributed by atoms with E-state index in [0.717, 1.165) is 34.9 Å². The Balaban J connectivity index is 1.66. The van der Waals surface area contributed by atoms with Crippen LogP contribution in [0.25, 0.3) is 16.7 Å². The second-order valence-electron chi connectivity index (χ2n) is 8.11. The summed E-state index contributed by atoms with van der Waals surface area (Å²) >= 11 is 0. The quantitative estimate of drug-likeness (QED) is 0.768. The predicted molar refractivity (Wildman–Crippen MR) is 101 cm³/mol. The van der Waals surface area contributed by atoms with E-state index in [4.69, 9.17) is 0 Å². The molecule has 2 heterocycles. The van der Waals surface area contributed by atoms with Crippen LogP contribution in [0.2, 0.25) is 0 Å². The zero-order valence-electron chi connectivity index (χ0n) is 15.1. The molecule has 0 amide bonds. The van der Waals surface area contributed by atoms with Gasteiger partial charge in [0.05, 0.1) is 17.3 Å². The van der Waals surface area contributed by atoms with Crippen LogP contribution in [-0.2, 0) is 0 Å². The summed E-state index contributed by atoms with van der Waals surface area (Å²) in [6.07, 6.45) is 7.12. The normalized spacial score (nSPS) is 22.8. The Labute approximate surface area is 148 Å². The first-order chi connectivity index (χ1) is 12.0. The first-order valence-corrected chi connectivity index (χ1v) is 9.02. The number of hydrogen-bond donors (Lipinski definition) is 1. The number of nitrogens with one attached hydrogen (secondary N) is 1. The number of para-hydroxylation sites is 1. The number of hydrogen-bond acceptors (Lipinski definition) is 4. The van der Waals surface area contributed by atoms with E-state index in [0.29, 0.717) is 11.5 Å². The van der Waals surface area contributed by atoms with E-state index in [-0.39, 0.29) is 0 Å². The molecular weight excluding hydrogens is 310 g/mol. The Morgan fingerprint density at radius 2 is 1.92 bits per heavy atom.